The van der Waals surface area contributed by atoms with Gasteiger partial charge in [0.05, 0.1) is 6.10 Å². The minimum atomic E-state index is -0.250. The van der Waals surface area contributed by atoms with Crippen LogP contribution in [-0.4, -0.2) is 38.0 Å². The molecule has 0 saturated heterocycles. The predicted octanol–water partition coefficient (Wildman–Crippen LogP) is 6.41. The second kappa shape index (κ2) is 15.3. The summed E-state index contributed by atoms with van der Waals surface area (Å²) in [5.74, 6) is 1.65. The molecule has 1 N–H and O–H groups in total. The molecule has 180 valence electrons. The molecule has 0 heterocycles. The van der Waals surface area contributed by atoms with Crippen molar-refractivity contribution < 1.29 is 24.1 Å². The minimum absolute atomic E-state index is 0.192. The number of ether oxygens (including phenoxy) is 4. The van der Waals surface area contributed by atoms with E-state index >= 15 is 0 Å². The molecule has 0 radical (unpaired) electrons. The molecule has 2 aromatic rings. The number of aliphatic hydroxyl groups is 1. The second-order valence-electron chi connectivity index (χ2n) is 8.04. The van der Waals surface area contributed by atoms with Crippen LogP contribution in [0.3, 0.4) is 0 Å². The lowest BCUT2D eigenvalue weighted by Crippen LogP contribution is -2.13. The van der Waals surface area contributed by atoms with Crippen molar-refractivity contribution in [3.05, 3.63) is 65.2 Å². The van der Waals surface area contributed by atoms with Crippen molar-refractivity contribution in [3.8, 4) is 11.5 Å². The van der Waals surface area contributed by atoms with E-state index in [-0.39, 0.29) is 19.7 Å². The maximum atomic E-state index is 9.93. The van der Waals surface area contributed by atoms with Crippen LogP contribution in [0.2, 0.25) is 0 Å². The van der Waals surface area contributed by atoms with Gasteiger partial charge in [0.15, 0.2) is 13.6 Å². The van der Waals surface area contributed by atoms with Crippen LogP contribution in [0.1, 0.15) is 57.2 Å². The van der Waals surface area contributed by atoms with Crippen molar-refractivity contribution in [3.63, 3.8) is 0 Å². The van der Waals surface area contributed by atoms with E-state index in [9.17, 15) is 5.11 Å². The molecule has 0 aliphatic heterocycles. The number of allylic oxidation sites excluding steroid dienone is 1. The summed E-state index contributed by atoms with van der Waals surface area (Å²) >= 11 is 0. The van der Waals surface area contributed by atoms with Crippen molar-refractivity contribution in [1.82, 2.24) is 0 Å². The van der Waals surface area contributed by atoms with E-state index in [1.54, 1.807) is 0 Å². The largest absolute Gasteiger partial charge is 0.467 e. The van der Waals surface area contributed by atoms with E-state index < -0.39 is 0 Å². The normalized spacial score (nSPS) is 12.7. The first-order valence-corrected chi connectivity index (χ1v) is 11.7. The molecule has 0 fully saturated rings. The summed E-state index contributed by atoms with van der Waals surface area (Å²) in [7, 11) is 0. The maximum absolute atomic E-state index is 9.93. The molecule has 0 aliphatic carbocycles. The van der Waals surface area contributed by atoms with Crippen molar-refractivity contribution in [1.29, 1.82) is 0 Å². The van der Waals surface area contributed by atoms with Crippen LogP contribution in [0.5, 0.6) is 11.5 Å². The Balaban J connectivity index is 2.07. The van der Waals surface area contributed by atoms with Crippen LogP contribution in [0.25, 0.3) is 18.2 Å². The minimum Gasteiger partial charge on any atom is -0.467 e. The summed E-state index contributed by atoms with van der Waals surface area (Å²) in [4.78, 5) is 0. The van der Waals surface area contributed by atoms with Crippen LogP contribution in [0.4, 0.5) is 0 Å². The summed E-state index contributed by atoms with van der Waals surface area (Å²) in [5, 5.41) is 9.93. The highest BCUT2D eigenvalue weighted by molar-refractivity contribution is 5.72. The molecule has 0 aromatic heterocycles. The summed E-state index contributed by atoms with van der Waals surface area (Å²) in [6.45, 7) is 9.51. The van der Waals surface area contributed by atoms with Crippen LogP contribution in [0.15, 0.2) is 48.5 Å². The summed E-state index contributed by atoms with van der Waals surface area (Å²) in [6, 6.07) is 14.1. The van der Waals surface area contributed by atoms with E-state index in [4.69, 9.17) is 18.9 Å². The van der Waals surface area contributed by atoms with Crippen molar-refractivity contribution in [2.45, 2.75) is 46.6 Å². The summed E-state index contributed by atoms with van der Waals surface area (Å²) in [5.41, 5.74) is 3.18. The van der Waals surface area contributed by atoms with Gasteiger partial charge >= 0.3 is 0 Å². The standard InChI is InChI=1S/C28H38O5/c1-5-30-20-32-26-17-25(18-27(19-26)33-21-31-6-2)15-14-24-12-9-11-23(16-24)10-7-8-13-28(29)22(3)4/h7,9-12,14-19,22,28-29H,5-6,8,13,20-21H2,1-4H3. The third-order valence-corrected chi connectivity index (χ3v) is 5.02. The topological polar surface area (TPSA) is 57.2 Å². The molecular weight excluding hydrogens is 416 g/mol. The zero-order valence-electron chi connectivity index (χ0n) is 20.3. The molecule has 0 bridgehead atoms. The molecule has 2 aromatic carbocycles. The Morgan fingerprint density at radius 3 is 1.94 bits per heavy atom. The van der Waals surface area contributed by atoms with E-state index in [2.05, 4.69) is 36.4 Å². The molecule has 0 spiro atoms. The van der Waals surface area contributed by atoms with Crippen LogP contribution < -0.4 is 9.47 Å². The van der Waals surface area contributed by atoms with Gasteiger partial charge in [-0.15, -0.1) is 0 Å². The molecule has 2 rings (SSSR count). The molecule has 0 saturated carbocycles. The Bertz CT molecular complexity index is 844. The Morgan fingerprint density at radius 1 is 0.788 bits per heavy atom. The fourth-order valence-corrected chi connectivity index (χ4v) is 3.02. The molecular formula is C28H38O5. The number of aliphatic hydroxyl groups excluding tert-OH is 1. The molecule has 5 nitrogen and oxygen atoms in total. The smallest absolute Gasteiger partial charge is 0.189 e. The fraction of sp³-hybridized carbons (Fsp3) is 0.429. The average Bonchev–Trinajstić information content (AvgIpc) is 2.81. The molecule has 0 amide bonds. The highest BCUT2D eigenvalue weighted by atomic mass is 16.7. The van der Waals surface area contributed by atoms with Gasteiger partial charge in [0.2, 0.25) is 0 Å². The quantitative estimate of drug-likeness (QED) is 0.191. The van der Waals surface area contributed by atoms with Gasteiger partial charge in [-0.1, -0.05) is 56.4 Å². The van der Waals surface area contributed by atoms with Crippen LogP contribution >= 0.6 is 0 Å². The molecule has 0 aliphatic rings. The van der Waals surface area contributed by atoms with Gasteiger partial charge in [-0.3, -0.25) is 0 Å². The van der Waals surface area contributed by atoms with Crippen molar-refractivity contribution in [2.75, 3.05) is 26.8 Å². The van der Waals surface area contributed by atoms with Crippen molar-refractivity contribution in [2.24, 2.45) is 5.92 Å². The first-order chi connectivity index (χ1) is 16.0. The Labute approximate surface area is 198 Å². The monoisotopic (exact) mass is 454 g/mol. The number of hydrogen-bond donors (Lipinski definition) is 1. The van der Waals surface area contributed by atoms with Crippen molar-refractivity contribution >= 4 is 18.2 Å². The number of hydrogen-bond acceptors (Lipinski definition) is 5. The lowest BCUT2D eigenvalue weighted by Gasteiger charge is -2.12. The average molecular weight is 455 g/mol. The molecule has 5 heteroatoms. The highest BCUT2D eigenvalue weighted by Crippen LogP contribution is 2.25. The SMILES string of the molecule is CCOCOc1cc(C=Cc2cccc(C=CCCC(O)C(C)C)c2)cc(OCOCC)c1. The van der Waals surface area contributed by atoms with Gasteiger partial charge in [-0.25, -0.2) is 0 Å². The zero-order valence-corrected chi connectivity index (χ0v) is 20.3. The Morgan fingerprint density at radius 2 is 1.36 bits per heavy atom. The molecule has 33 heavy (non-hydrogen) atoms. The van der Waals surface area contributed by atoms with E-state index in [0.29, 0.717) is 30.6 Å². The van der Waals surface area contributed by atoms with Crippen LogP contribution in [-0.2, 0) is 9.47 Å². The molecule has 1 atom stereocenters. The van der Waals surface area contributed by atoms with Gasteiger partial charge in [-0.2, -0.15) is 0 Å². The van der Waals surface area contributed by atoms with Gasteiger partial charge in [0, 0.05) is 19.3 Å². The number of benzene rings is 2. The van der Waals surface area contributed by atoms with Gasteiger partial charge in [0.25, 0.3) is 0 Å². The highest BCUT2D eigenvalue weighted by Gasteiger charge is 2.07. The number of rotatable bonds is 15. The predicted molar refractivity (Wildman–Crippen MR) is 135 cm³/mol. The van der Waals surface area contributed by atoms with E-state index in [1.165, 1.54) is 0 Å². The fourth-order valence-electron chi connectivity index (χ4n) is 3.02. The molecule has 1 unspecified atom stereocenters. The Kier molecular flexibility index (Phi) is 12.3. The second-order valence-corrected chi connectivity index (χ2v) is 8.04. The van der Waals surface area contributed by atoms with E-state index in [1.807, 2.05) is 58.0 Å². The summed E-state index contributed by atoms with van der Waals surface area (Å²) < 4.78 is 22.0. The maximum Gasteiger partial charge on any atom is 0.189 e. The first kappa shape index (κ1) is 26.7. The van der Waals surface area contributed by atoms with E-state index in [0.717, 1.165) is 29.5 Å². The first-order valence-electron chi connectivity index (χ1n) is 11.7. The zero-order chi connectivity index (χ0) is 23.9. The lowest BCUT2D eigenvalue weighted by molar-refractivity contribution is 0.0182. The third-order valence-electron chi connectivity index (χ3n) is 5.02. The van der Waals surface area contributed by atoms with Gasteiger partial charge < -0.3 is 24.1 Å². The summed E-state index contributed by atoms with van der Waals surface area (Å²) in [6.07, 6.45) is 9.71. The van der Waals surface area contributed by atoms with Gasteiger partial charge in [-0.05, 0) is 67.5 Å². The third kappa shape index (κ3) is 10.7. The van der Waals surface area contributed by atoms with Crippen LogP contribution in [0, 0.1) is 5.92 Å². The Hall–Kier alpha value is -2.60. The lowest BCUT2D eigenvalue weighted by atomic mass is 10.0. The van der Waals surface area contributed by atoms with Gasteiger partial charge in [0.1, 0.15) is 11.5 Å².